The summed E-state index contributed by atoms with van der Waals surface area (Å²) in [5.74, 6) is -1.65. The van der Waals surface area contributed by atoms with E-state index in [9.17, 15) is 18.0 Å². The van der Waals surface area contributed by atoms with E-state index in [1.807, 2.05) is 50.2 Å². The number of cyclic esters (lactones) is 1. The van der Waals surface area contributed by atoms with Crippen LogP contribution in [0.4, 0.5) is 0 Å². The fourth-order valence-corrected chi connectivity index (χ4v) is 7.16. The van der Waals surface area contributed by atoms with Crippen molar-refractivity contribution >= 4 is 32.5 Å². The quantitative estimate of drug-likeness (QED) is 0.249. The first kappa shape index (κ1) is 25.6. The van der Waals surface area contributed by atoms with Gasteiger partial charge in [-0.15, -0.1) is 0 Å². The van der Waals surface area contributed by atoms with Crippen LogP contribution in [0.3, 0.4) is 0 Å². The zero-order valence-electron chi connectivity index (χ0n) is 21.4. The van der Waals surface area contributed by atoms with Gasteiger partial charge >= 0.3 is 5.97 Å². The number of Topliss-reactive ketones (excluding diaryl/α,β-unsaturated/α-hetero) is 1. The summed E-state index contributed by atoms with van der Waals surface area (Å²) in [6.45, 7) is 4.00. The number of aromatic nitrogens is 1. The highest BCUT2D eigenvalue weighted by molar-refractivity contribution is 7.90. The topological polar surface area (TPSA) is 90.4 Å². The van der Waals surface area contributed by atoms with Crippen molar-refractivity contribution in [2.24, 2.45) is 11.8 Å². The molecule has 1 aliphatic carbocycles. The highest BCUT2D eigenvalue weighted by Crippen LogP contribution is 2.51. The van der Waals surface area contributed by atoms with Gasteiger partial charge in [0.2, 0.25) is 0 Å². The maximum absolute atomic E-state index is 13.7. The summed E-state index contributed by atoms with van der Waals surface area (Å²) in [7, 11) is -3.70. The standard InChI is InChI=1S/C30H33NO5S/c1-3-16-30(17-4-2)28(32)27(29(33)36-30)26(22-12-13-22)23-10-7-8-20(18-23)19-37(34,35)25-15-14-21-9-5-6-11-24(21)31-25/h5-11,14-15,18,22,26-27H,3-4,12-13,16-17,19H2,1-2H3. The molecule has 0 amide bonds. The van der Waals surface area contributed by atoms with Crippen LogP contribution in [0, 0.1) is 11.8 Å². The van der Waals surface area contributed by atoms with E-state index in [0.29, 0.717) is 23.9 Å². The van der Waals surface area contributed by atoms with Crippen molar-refractivity contribution in [3.8, 4) is 0 Å². The first-order valence-electron chi connectivity index (χ1n) is 13.2. The molecule has 1 aliphatic heterocycles. The molecule has 2 atom stereocenters. The Hall–Kier alpha value is -3.06. The Labute approximate surface area is 218 Å². The summed E-state index contributed by atoms with van der Waals surface area (Å²) in [6, 6.07) is 18.1. The second-order valence-electron chi connectivity index (χ2n) is 10.5. The summed E-state index contributed by atoms with van der Waals surface area (Å²) in [5, 5.41) is 0.917. The van der Waals surface area contributed by atoms with E-state index in [1.54, 1.807) is 24.3 Å². The highest BCUT2D eigenvalue weighted by atomic mass is 32.2. The van der Waals surface area contributed by atoms with Gasteiger partial charge in [-0.05, 0) is 60.9 Å². The zero-order valence-corrected chi connectivity index (χ0v) is 22.2. The van der Waals surface area contributed by atoms with E-state index in [0.717, 1.165) is 36.6 Å². The van der Waals surface area contributed by atoms with Gasteiger partial charge in [-0.2, -0.15) is 0 Å². The van der Waals surface area contributed by atoms with Crippen LogP contribution < -0.4 is 0 Å². The maximum Gasteiger partial charge on any atom is 0.318 e. The number of hydrogen-bond donors (Lipinski definition) is 0. The third kappa shape index (κ3) is 4.93. The fourth-order valence-electron chi connectivity index (χ4n) is 5.88. The number of sulfone groups is 1. The molecule has 3 aromatic rings. The lowest BCUT2D eigenvalue weighted by atomic mass is 9.75. The molecule has 2 unspecified atom stereocenters. The third-order valence-corrected chi connectivity index (χ3v) is 9.24. The first-order chi connectivity index (χ1) is 17.8. The lowest BCUT2D eigenvalue weighted by molar-refractivity contribution is -0.154. The third-order valence-electron chi connectivity index (χ3n) is 7.66. The molecule has 1 saturated heterocycles. The Kier molecular flexibility index (Phi) is 6.92. The van der Waals surface area contributed by atoms with Gasteiger partial charge in [0, 0.05) is 11.3 Å². The average molecular weight is 520 g/mol. The number of pyridine rings is 1. The van der Waals surface area contributed by atoms with Gasteiger partial charge in [-0.25, -0.2) is 13.4 Å². The van der Waals surface area contributed by atoms with Crippen LogP contribution in [0.2, 0.25) is 0 Å². The summed E-state index contributed by atoms with van der Waals surface area (Å²) in [5.41, 5.74) is 1.05. The molecule has 5 rings (SSSR count). The largest absolute Gasteiger partial charge is 0.450 e. The van der Waals surface area contributed by atoms with E-state index >= 15 is 0 Å². The average Bonchev–Trinajstić information content (AvgIpc) is 3.68. The van der Waals surface area contributed by atoms with Crippen LogP contribution in [0.1, 0.15) is 69.4 Å². The summed E-state index contributed by atoms with van der Waals surface area (Å²) >= 11 is 0. The molecule has 0 radical (unpaired) electrons. The molecule has 0 bridgehead atoms. The number of esters is 1. The van der Waals surface area contributed by atoms with Crippen LogP contribution in [0.25, 0.3) is 10.9 Å². The van der Waals surface area contributed by atoms with Crippen molar-refractivity contribution < 1.29 is 22.7 Å². The molecule has 2 fully saturated rings. The number of hydrogen-bond acceptors (Lipinski definition) is 6. The Morgan fingerprint density at radius 1 is 0.973 bits per heavy atom. The van der Waals surface area contributed by atoms with Crippen molar-refractivity contribution in [1.29, 1.82) is 0 Å². The summed E-state index contributed by atoms with van der Waals surface area (Å²) in [4.78, 5) is 31.3. The number of ketones is 1. The molecule has 6 nitrogen and oxygen atoms in total. The number of carbonyl (C=O) groups excluding carboxylic acids is 2. The second-order valence-corrected chi connectivity index (χ2v) is 12.4. The van der Waals surface area contributed by atoms with Crippen molar-refractivity contribution in [2.75, 3.05) is 0 Å². The minimum absolute atomic E-state index is 0.0359. The summed E-state index contributed by atoms with van der Waals surface area (Å²) in [6.07, 6.45) is 4.48. The highest BCUT2D eigenvalue weighted by Gasteiger charge is 2.58. The molecule has 0 spiro atoms. The van der Waals surface area contributed by atoms with Gasteiger partial charge in [0.25, 0.3) is 0 Å². The van der Waals surface area contributed by atoms with Crippen molar-refractivity contribution in [3.63, 3.8) is 0 Å². The van der Waals surface area contributed by atoms with Crippen LogP contribution in [-0.4, -0.2) is 30.8 Å². The molecular weight excluding hydrogens is 486 g/mol. The molecule has 1 saturated carbocycles. The number of rotatable bonds is 10. The Bertz CT molecular complexity index is 1440. The van der Waals surface area contributed by atoms with E-state index in [-0.39, 0.29) is 28.4 Å². The molecular formula is C30H33NO5S. The lowest BCUT2D eigenvalue weighted by Gasteiger charge is -2.26. The Balaban J connectivity index is 1.44. The van der Waals surface area contributed by atoms with Crippen LogP contribution in [-0.2, 0) is 29.9 Å². The van der Waals surface area contributed by atoms with E-state index in [4.69, 9.17) is 4.74 Å². The number of carbonyl (C=O) groups is 2. The normalized spacial score (nSPS) is 20.2. The SMILES string of the molecule is CCCC1(CCC)OC(=O)C(C(c2cccc(CS(=O)(=O)c3ccc4ccccc4n3)c2)C2CC2)C1=O. The predicted octanol–water partition coefficient (Wildman–Crippen LogP) is 5.78. The van der Waals surface area contributed by atoms with Crippen LogP contribution in [0.5, 0.6) is 0 Å². The van der Waals surface area contributed by atoms with Crippen molar-refractivity contribution in [1.82, 2.24) is 4.98 Å². The van der Waals surface area contributed by atoms with Gasteiger partial charge < -0.3 is 4.74 Å². The molecule has 7 heteroatoms. The minimum atomic E-state index is -3.70. The Morgan fingerprint density at radius 2 is 1.70 bits per heavy atom. The molecule has 2 aliphatic rings. The van der Waals surface area contributed by atoms with E-state index in [2.05, 4.69) is 4.98 Å². The molecule has 2 heterocycles. The van der Waals surface area contributed by atoms with Crippen molar-refractivity contribution in [3.05, 3.63) is 71.8 Å². The van der Waals surface area contributed by atoms with Gasteiger partial charge in [0.05, 0.1) is 11.3 Å². The van der Waals surface area contributed by atoms with E-state index < -0.39 is 27.3 Å². The zero-order chi connectivity index (χ0) is 26.2. The van der Waals surface area contributed by atoms with Gasteiger partial charge in [0.15, 0.2) is 26.2 Å². The number of para-hydroxylation sites is 1. The lowest BCUT2D eigenvalue weighted by Crippen LogP contribution is -2.38. The van der Waals surface area contributed by atoms with Gasteiger partial charge in [-0.1, -0.05) is 69.2 Å². The molecule has 0 N–H and O–H groups in total. The summed E-state index contributed by atoms with van der Waals surface area (Å²) < 4.78 is 32.4. The fraction of sp³-hybridized carbons (Fsp3) is 0.433. The number of nitrogens with zero attached hydrogens (tertiary/aromatic N) is 1. The monoisotopic (exact) mass is 519 g/mol. The minimum Gasteiger partial charge on any atom is -0.450 e. The van der Waals surface area contributed by atoms with Crippen molar-refractivity contribution in [2.45, 2.75) is 74.7 Å². The molecule has 1 aromatic heterocycles. The smallest absolute Gasteiger partial charge is 0.318 e. The van der Waals surface area contributed by atoms with Crippen LogP contribution in [0.15, 0.2) is 65.7 Å². The maximum atomic E-state index is 13.7. The van der Waals surface area contributed by atoms with Gasteiger partial charge in [0.1, 0.15) is 5.92 Å². The molecule has 2 aromatic carbocycles. The second kappa shape index (κ2) is 10.0. The Morgan fingerprint density at radius 3 is 2.41 bits per heavy atom. The van der Waals surface area contributed by atoms with E-state index in [1.165, 1.54) is 0 Å². The first-order valence-corrected chi connectivity index (χ1v) is 14.9. The number of benzene rings is 2. The van der Waals surface area contributed by atoms with Crippen LogP contribution >= 0.6 is 0 Å². The number of ether oxygens (including phenoxy) is 1. The molecule has 194 valence electrons. The predicted molar refractivity (Wildman–Crippen MR) is 142 cm³/mol. The molecule has 37 heavy (non-hydrogen) atoms. The van der Waals surface area contributed by atoms with Gasteiger partial charge in [-0.3, -0.25) is 9.59 Å². The number of fused-ring (bicyclic) bond motifs is 1.